The van der Waals surface area contributed by atoms with Gasteiger partial charge in [0.15, 0.2) is 0 Å². The lowest BCUT2D eigenvalue weighted by Crippen LogP contribution is -2.52. The van der Waals surface area contributed by atoms with E-state index in [4.69, 9.17) is 4.74 Å². The first-order chi connectivity index (χ1) is 8.88. The highest BCUT2D eigenvalue weighted by Crippen LogP contribution is 2.43. The molecule has 2 rings (SSSR count). The molecule has 0 aromatic heterocycles. The molecule has 0 bridgehead atoms. The second-order valence-corrected chi connectivity index (χ2v) is 6.33. The fourth-order valence-corrected chi connectivity index (χ4v) is 2.65. The van der Waals surface area contributed by atoms with Gasteiger partial charge in [0.1, 0.15) is 16.9 Å². The van der Waals surface area contributed by atoms with Crippen LogP contribution in [-0.2, 0) is 5.54 Å². The van der Waals surface area contributed by atoms with Gasteiger partial charge in [-0.15, -0.1) is 0 Å². The van der Waals surface area contributed by atoms with Crippen LogP contribution < -0.4 is 10.1 Å². The number of nitriles is 1. The van der Waals surface area contributed by atoms with Crippen LogP contribution in [0.4, 0.5) is 0 Å². The van der Waals surface area contributed by atoms with Gasteiger partial charge in [0.2, 0.25) is 0 Å². The van der Waals surface area contributed by atoms with Gasteiger partial charge in [-0.05, 0) is 32.4 Å². The lowest BCUT2D eigenvalue weighted by atomic mass is 9.78. The Kier molecular flexibility index (Phi) is 3.56. The predicted molar refractivity (Wildman–Crippen MR) is 75.9 cm³/mol. The summed E-state index contributed by atoms with van der Waals surface area (Å²) in [6.45, 7) is 9.18. The van der Waals surface area contributed by atoms with Crippen LogP contribution in [0, 0.1) is 17.2 Å². The first kappa shape index (κ1) is 13.9. The largest absolute Gasteiger partial charge is 0.487 e. The predicted octanol–water partition coefficient (Wildman–Crippen LogP) is 3.21. The molecule has 0 amide bonds. The van der Waals surface area contributed by atoms with E-state index >= 15 is 0 Å². The van der Waals surface area contributed by atoms with Crippen molar-refractivity contribution < 1.29 is 4.74 Å². The molecular weight excluding hydrogens is 236 g/mol. The zero-order valence-electron chi connectivity index (χ0n) is 12.2. The molecule has 3 heteroatoms. The van der Waals surface area contributed by atoms with E-state index in [9.17, 15) is 5.26 Å². The molecule has 1 unspecified atom stereocenters. The van der Waals surface area contributed by atoms with E-state index < -0.39 is 5.54 Å². The average molecular weight is 258 g/mol. The van der Waals surface area contributed by atoms with Gasteiger partial charge in [-0.1, -0.05) is 32.0 Å². The van der Waals surface area contributed by atoms with Crippen molar-refractivity contribution >= 4 is 0 Å². The molecule has 0 spiro atoms. The van der Waals surface area contributed by atoms with Gasteiger partial charge in [0.05, 0.1) is 6.07 Å². The molecule has 1 aliphatic rings. The van der Waals surface area contributed by atoms with E-state index in [2.05, 4.69) is 25.2 Å². The molecule has 0 fully saturated rings. The van der Waals surface area contributed by atoms with Crippen molar-refractivity contribution in [3.8, 4) is 11.8 Å². The quantitative estimate of drug-likeness (QED) is 0.905. The Morgan fingerprint density at radius 2 is 2.05 bits per heavy atom. The Hall–Kier alpha value is -1.53. The monoisotopic (exact) mass is 258 g/mol. The molecule has 0 saturated carbocycles. The first-order valence-electron chi connectivity index (χ1n) is 6.83. The third kappa shape index (κ3) is 2.74. The van der Waals surface area contributed by atoms with Gasteiger partial charge in [0.25, 0.3) is 0 Å². The third-order valence-electron chi connectivity index (χ3n) is 3.43. The summed E-state index contributed by atoms with van der Waals surface area (Å²) in [7, 11) is 0. The maximum absolute atomic E-state index is 9.77. The molecule has 0 saturated heterocycles. The molecule has 1 heterocycles. The smallest absolute Gasteiger partial charge is 0.139 e. The number of nitrogens with zero attached hydrogens (tertiary/aromatic N) is 1. The van der Waals surface area contributed by atoms with Crippen molar-refractivity contribution in [2.75, 3.05) is 6.54 Å². The Morgan fingerprint density at radius 3 is 2.68 bits per heavy atom. The Bertz CT molecular complexity index is 502. The van der Waals surface area contributed by atoms with Crippen LogP contribution in [-0.4, -0.2) is 12.1 Å². The highest BCUT2D eigenvalue weighted by Gasteiger charge is 2.45. The summed E-state index contributed by atoms with van der Waals surface area (Å²) in [6.07, 6.45) is 0.653. The fourth-order valence-electron chi connectivity index (χ4n) is 2.65. The Labute approximate surface area is 115 Å². The minimum Gasteiger partial charge on any atom is -0.487 e. The van der Waals surface area contributed by atoms with E-state index in [-0.39, 0.29) is 5.60 Å². The lowest BCUT2D eigenvalue weighted by molar-refractivity contribution is 0.0483. The van der Waals surface area contributed by atoms with Gasteiger partial charge >= 0.3 is 0 Å². The lowest BCUT2D eigenvalue weighted by Gasteiger charge is -2.43. The summed E-state index contributed by atoms with van der Waals surface area (Å²) in [6, 6.07) is 10.3. The highest BCUT2D eigenvalue weighted by molar-refractivity contribution is 5.46. The number of ether oxygens (including phenoxy) is 1. The standard InChI is InChI=1S/C16H22N2O/c1-12(2)9-18-16(11-17)10-15(3,4)19-14-8-6-5-7-13(14)16/h5-8,12,18H,9-10H2,1-4H3. The van der Waals surface area contributed by atoms with Gasteiger partial charge in [0, 0.05) is 12.0 Å². The number of benzene rings is 1. The summed E-state index contributed by atoms with van der Waals surface area (Å²) in [4.78, 5) is 0. The van der Waals surface area contributed by atoms with E-state index in [0.717, 1.165) is 17.9 Å². The van der Waals surface area contributed by atoms with Crippen molar-refractivity contribution in [1.29, 1.82) is 5.26 Å². The normalized spacial score (nSPS) is 24.4. The van der Waals surface area contributed by atoms with Crippen LogP contribution in [0.2, 0.25) is 0 Å². The SMILES string of the molecule is CC(C)CNC1(C#N)CC(C)(C)Oc2ccccc21. The number of nitrogens with one attached hydrogen (secondary N) is 1. The molecule has 0 radical (unpaired) electrons. The molecule has 1 atom stereocenters. The molecule has 1 aliphatic heterocycles. The number of fused-ring (bicyclic) bond motifs is 1. The van der Waals surface area contributed by atoms with Crippen LogP contribution in [0.1, 0.15) is 39.7 Å². The van der Waals surface area contributed by atoms with Crippen molar-refractivity contribution in [2.45, 2.75) is 45.3 Å². The maximum Gasteiger partial charge on any atom is 0.139 e. The van der Waals surface area contributed by atoms with E-state index in [1.165, 1.54) is 0 Å². The summed E-state index contributed by atoms with van der Waals surface area (Å²) in [5.74, 6) is 1.32. The zero-order valence-corrected chi connectivity index (χ0v) is 12.2. The maximum atomic E-state index is 9.77. The minimum atomic E-state index is -0.650. The van der Waals surface area contributed by atoms with Crippen molar-refractivity contribution in [3.05, 3.63) is 29.8 Å². The number of para-hydroxylation sites is 1. The second kappa shape index (κ2) is 4.86. The molecule has 3 nitrogen and oxygen atoms in total. The number of hydrogen-bond donors (Lipinski definition) is 1. The Morgan fingerprint density at radius 1 is 1.37 bits per heavy atom. The van der Waals surface area contributed by atoms with Crippen molar-refractivity contribution in [3.63, 3.8) is 0 Å². The second-order valence-electron chi connectivity index (χ2n) is 6.33. The summed E-state index contributed by atoms with van der Waals surface area (Å²) in [5, 5.41) is 13.2. The molecule has 1 N–H and O–H groups in total. The van der Waals surface area contributed by atoms with Crippen molar-refractivity contribution in [1.82, 2.24) is 5.32 Å². The minimum absolute atomic E-state index is 0.339. The first-order valence-corrected chi connectivity index (χ1v) is 6.83. The summed E-state index contributed by atoms with van der Waals surface area (Å²) < 4.78 is 5.99. The molecule has 1 aromatic rings. The Balaban J connectivity index is 2.45. The topological polar surface area (TPSA) is 45.0 Å². The van der Waals surface area contributed by atoms with Gasteiger partial charge in [-0.3, -0.25) is 5.32 Å². The molecule has 0 aliphatic carbocycles. The summed E-state index contributed by atoms with van der Waals surface area (Å²) >= 11 is 0. The fraction of sp³-hybridized carbons (Fsp3) is 0.562. The molecule has 102 valence electrons. The van der Waals surface area contributed by atoms with Gasteiger partial charge < -0.3 is 4.74 Å². The van der Waals surface area contributed by atoms with E-state index in [1.54, 1.807) is 0 Å². The van der Waals surface area contributed by atoms with Crippen LogP contribution in [0.3, 0.4) is 0 Å². The van der Waals surface area contributed by atoms with E-state index in [1.807, 2.05) is 38.1 Å². The van der Waals surface area contributed by atoms with Crippen LogP contribution in [0.15, 0.2) is 24.3 Å². The van der Waals surface area contributed by atoms with Crippen molar-refractivity contribution in [2.24, 2.45) is 5.92 Å². The number of hydrogen-bond acceptors (Lipinski definition) is 3. The summed E-state index contributed by atoms with van der Waals surface area (Å²) in [5.41, 5.74) is -0.0334. The number of rotatable bonds is 3. The van der Waals surface area contributed by atoms with Gasteiger partial charge in [-0.2, -0.15) is 5.26 Å². The molecule has 1 aromatic carbocycles. The molecule has 19 heavy (non-hydrogen) atoms. The zero-order chi connectivity index (χ0) is 14.1. The highest BCUT2D eigenvalue weighted by atomic mass is 16.5. The van der Waals surface area contributed by atoms with E-state index in [0.29, 0.717) is 12.3 Å². The van der Waals surface area contributed by atoms with Crippen LogP contribution >= 0.6 is 0 Å². The van der Waals surface area contributed by atoms with Crippen LogP contribution in [0.5, 0.6) is 5.75 Å². The average Bonchev–Trinajstić information content (AvgIpc) is 2.34. The van der Waals surface area contributed by atoms with Gasteiger partial charge in [-0.25, -0.2) is 0 Å². The van der Waals surface area contributed by atoms with Crippen LogP contribution in [0.25, 0.3) is 0 Å². The third-order valence-corrected chi connectivity index (χ3v) is 3.43. The molecular formula is C16H22N2O.